The van der Waals surface area contributed by atoms with Crippen LogP contribution < -0.4 is 5.32 Å². The fraction of sp³-hybridized carbons (Fsp3) is 1.00. The van der Waals surface area contributed by atoms with Gasteiger partial charge in [0.2, 0.25) is 0 Å². The van der Waals surface area contributed by atoms with E-state index in [0.717, 1.165) is 0 Å². The number of rotatable bonds is 10. The van der Waals surface area contributed by atoms with E-state index < -0.39 is 0 Å². The molecule has 0 bridgehead atoms. The van der Waals surface area contributed by atoms with E-state index >= 15 is 0 Å². The molecule has 1 rings (SSSR count). The minimum atomic E-state index is 0.558. The fourth-order valence-electron chi connectivity index (χ4n) is 2.69. The summed E-state index contributed by atoms with van der Waals surface area (Å²) < 4.78 is 0. The fourth-order valence-corrected chi connectivity index (χ4v) is 2.69. The zero-order valence-electron chi connectivity index (χ0n) is 11.5. The Hall–Kier alpha value is -0.0400. The second-order valence-corrected chi connectivity index (χ2v) is 5.54. The molecule has 1 nitrogen and oxygen atoms in total. The van der Waals surface area contributed by atoms with Crippen LogP contribution in [-0.2, 0) is 0 Å². The van der Waals surface area contributed by atoms with E-state index in [1.807, 2.05) is 0 Å². The predicted molar refractivity (Wildman–Crippen MR) is 72.9 cm³/mol. The first-order valence-corrected chi connectivity index (χ1v) is 7.58. The Labute approximate surface area is 102 Å². The van der Waals surface area contributed by atoms with Crippen LogP contribution in [0.5, 0.6) is 0 Å². The van der Waals surface area contributed by atoms with Crippen molar-refractivity contribution in [3.8, 4) is 0 Å². The summed E-state index contributed by atoms with van der Waals surface area (Å²) >= 11 is 0. The molecule has 1 aliphatic rings. The molecule has 0 amide bonds. The van der Waals surface area contributed by atoms with Crippen LogP contribution in [0, 0.1) is 0 Å². The van der Waals surface area contributed by atoms with E-state index in [-0.39, 0.29) is 0 Å². The summed E-state index contributed by atoms with van der Waals surface area (Å²) in [6.07, 6.45) is 15.5. The average molecular weight is 225 g/mol. The van der Waals surface area contributed by atoms with Crippen molar-refractivity contribution in [2.45, 2.75) is 90.0 Å². The van der Waals surface area contributed by atoms with Gasteiger partial charge in [0.1, 0.15) is 0 Å². The Kier molecular flexibility index (Phi) is 7.11. The summed E-state index contributed by atoms with van der Waals surface area (Å²) in [5.41, 5.74) is 0.558. The molecule has 0 aliphatic heterocycles. The Morgan fingerprint density at radius 3 is 2.00 bits per heavy atom. The van der Waals surface area contributed by atoms with Crippen molar-refractivity contribution in [3.63, 3.8) is 0 Å². The van der Waals surface area contributed by atoms with E-state index in [0.29, 0.717) is 5.54 Å². The van der Waals surface area contributed by atoms with Gasteiger partial charge in [-0.25, -0.2) is 0 Å². The maximum atomic E-state index is 3.78. The maximum Gasteiger partial charge on any atom is 0.0178 e. The second kappa shape index (κ2) is 8.11. The van der Waals surface area contributed by atoms with Crippen LogP contribution in [0.1, 0.15) is 84.5 Å². The van der Waals surface area contributed by atoms with Crippen molar-refractivity contribution in [1.29, 1.82) is 0 Å². The predicted octanol–water partition coefficient (Wildman–Crippen LogP) is 4.66. The molecular formula is C15H31N. The lowest BCUT2D eigenvalue weighted by Gasteiger charge is -2.42. The molecule has 1 heteroatoms. The quantitative estimate of drug-likeness (QED) is 0.533. The van der Waals surface area contributed by atoms with Gasteiger partial charge in [-0.05, 0) is 38.6 Å². The summed E-state index contributed by atoms with van der Waals surface area (Å²) in [4.78, 5) is 0. The Morgan fingerprint density at radius 2 is 1.50 bits per heavy atom. The SMILES string of the molecule is CCCCCCCCCNC1(CC)CCC1. The first kappa shape index (κ1) is 14.0. The number of unbranched alkanes of at least 4 members (excludes halogenated alkanes) is 6. The third kappa shape index (κ3) is 4.86. The molecule has 0 aromatic heterocycles. The Morgan fingerprint density at radius 1 is 0.875 bits per heavy atom. The smallest absolute Gasteiger partial charge is 0.0178 e. The summed E-state index contributed by atoms with van der Waals surface area (Å²) in [7, 11) is 0. The van der Waals surface area contributed by atoms with E-state index in [2.05, 4.69) is 19.2 Å². The number of nitrogens with one attached hydrogen (secondary N) is 1. The van der Waals surface area contributed by atoms with Crippen molar-refractivity contribution in [2.24, 2.45) is 0 Å². The minimum absolute atomic E-state index is 0.558. The van der Waals surface area contributed by atoms with Crippen LogP contribution in [0.4, 0.5) is 0 Å². The van der Waals surface area contributed by atoms with Gasteiger partial charge in [0.05, 0.1) is 0 Å². The lowest BCUT2D eigenvalue weighted by atomic mass is 9.75. The van der Waals surface area contributed by atoms with Crippen LogP contribution in [0.25, 0.3) is 0 Å². The molecule has 1 aliphatic carbocycles. The molecular weight excluding hydrogens is 194 g/mol. The van der Waals surface area contributed by atoms with Crippen LogP contribution >= 0.6 is 0 Å². The molecule has 1 saturated carbocycles. The monoisotopic (exact) mass is 225 g/mol. The summed E-state index contributed by atoms with van der Waals surface area (Å²) in [6.45, 7) is 5.87. The number of hydrogen-bond acceptors (Lipinski definition) is 1. The van der Waals surface area contributed by atoms with Crippen LogP contribution in [0.15, 0.2) is 0 Å². The highest BCUT2D eigenvalue weighted by atomic mass is 15.0. The number of hydrogen-bond donors (Lipinski definition) is 1. The molecule has 1 fully saturated rings. The van der Waals surface area contributed by atoms with Crippen molar-refractivity contribution in [3.05, 3.63) is 0 Å². The first-order valence-electron chi connectivity index (χ1n) is 7.58. The van der Waals surface area contributed by atoms with Gasteiger partial charge in [-0.2, -0.15) is 0 Å². The normalized spacial score (nSPS) is 18.4. The Bertz CT molecular complexity index is 155. The first-order chi connectivity index (χ1) is 7.83. The molecule has 0 atom stereocenters. The van der Waals surface area contributed by atoms with Gasteiger partial charge in [-0.3, -0.25) is 0 Å². The zero-order chi connectivity index (χ0) is 11.7. The second-order valence-electron chi connectivity index (χ2n) is 5.54. The highest BCUT2D eigenvalue weighted by Crippen LogP contribution is 2.34. The van der Waals surface area contributed by atoms with Gasteiger partial charge in [0.25, 0.3) is 0 Å². The van der Waals surface area contributed by atoms with Gasteiger partial charge in [-0.15, -0.1) is 0 Å². The molecule has 0 radical (unpaired) electrons. The van der Waals surface area contributed by atoms with E-state index in [1.54, 1.807) is 0 Å². The molecule has 0 saturated heterocycles. The molecule has 0 spiro atoms. The van der Waals surface area contributed by atoms with Crippen LogP contribution in [-0.4, -0.2) is 12.1 Å². The molecule has 96 valence electrons. The van der Waals surface area contributed by atoms with E-state index in [9.17, 15) is 0 Å². The highest BCUT2D eigenvalue weighted by Gasteiger charge is 2.33. The summed E-state index contributed by atoms with van der Waals surface area (Å²) in [6, 6.07) is 0. The summed E-state index contributed by atoms with van der Waals surface area (Å²) in [5.74, 6) is 0. The average Bonchev–Trinajstić information content (AvgIpc) is 2.25. The standard InChI is InChI=1S/C15H31N/c1-3-5-6-7-8-9-10-14-16-15(4-2)12-11-13-15/h16H,3-14H2,1-2H3. The van der Waals surface area contributed by atoms with E-state index in [1.165, 1.54) is 77.2 Å². The molecule has 0 aromatic rings. The lowest BCUT2D eigenvalue weighted by molar-refractivity contribution is 0.177. The third-order valence-corrected chi connectivity index (χ3v) is 4.27. The molecule has 1 N–H and O–H groups in total. The third-order valence-electron chi connectivity index (χ3n) is 4.27. The zero-order valence-corrected chi connectivity index (χ0v) is 11.5. The molecule has 0 aromatic carbocycles. The van der Waals surface area contributed by atoms with Gasteiger partial charge < -0.3 is 5.32 Å². The van der Waals surface area contributed by atoms with Gasteiger partial charge in [0.15, 0.2) is 0 Å². The van der Waals surface area contributed by atoms with E-state index in [4.69, 9.17) is 0 Å². The largest absolute Gasteiger partial charge is 0.311 e. The Balaban J connectivity index is 1.84. The molecule has 0 unspecified atom stereocenters. The minimum Gasteiger partial charge on any atom is -0.311 e. The highest BCUT2D eigenvalue weighted by molar-refractivity contribution is 4.94. The van der Waals surface area contributed by atoms with Crippen molar-refractivity contribution < 1.29 is 0 Å². The van der Waals surface area contributed by atoms with Gasteiger partial charge >= 0.3 is 0 Å². The van der Waals surface area contributed by atoms with Crippen molar-refractivity contribution >= 4 is 0 Å². The van der Waals surface area contributed by atoms with Gasteiger partial charge in [0, 0.05) is 5.54 Å². The molecule has 0 heterocycles. The van der Waals surface area contributed by atoms with Gasteiger partial charge in [-0.1, -0.05) is 52.4 Å². The molecule has 16 heavy (non-hydrogen) atoms. The van der Waals surface area contributed by atoms with Crippen molar-refractivity contribution in [1.82, 2.24) is 5.32 Å². The topological polar surface area (TPSA) is 12.0 Å². The van der Waals surface area contributed by atoms with Crippen LogP contribution in [0.3, 0.4) is 0 Å². The lowest BCUT2D eigenvalue weighted by Crippen LogP contribution is -2.50. The van der Waals surface area contributed by atoms with Crippen molar-refractivity contribution in [2.75, 3.05) is 6.54 Å². The maximum absolute atomic E-state index is 3.78. The van der Waals surface area contributed by atoms with Crippen LogP contribution in [0.2, 0.25) is 0 Å². The summed E-state index contributed by atoms with van der Waals surface area (Å²) in [5, 5.41) is 3.78.